The lowest BCUT2D eigenvalue weighted by Crippen LogP contribution is -2.48. The first-order valence-corrected chi connectivity index (χ1v) is 10.0. The van der Waals surface area contributed by atoms with Crippen LogP contribution in [0.4, 0.5) is 14.9 Å². The van der Waals surface area contributed by atoms with E-state index in [1.165, 1.54) is 37.4 Å². The number of likely N-dealkylation sites (tertiary alicyclic amines) is 1. The van der Waals surface area contributed by atoms with E-state index in [1.807, 2.05) is 0 Å². The highest BCUT2D eigenvalue weighted by atomic mass is 19.1. The third-order valence-corrected chi connectivity index (χ3v) is 5.37. The van der Waals surface area contributed by atoms with Crippen LogP contribution in [-0.2, 0) is 0 Å². The Kier molecular flexibility index (Phi) is 7.41. The van der Waals surface area contributed by atoms with Crippen molar-refractivity contribution in [3.8, 4) is 11.6 Å². The number of carbonyl (C=O) groups excluding carboxylic acids is 2. The minimum absolute atomic E-state index is 0.0916. The van der Waals surface area contributed by atoms with Gasteiger partial charge in [-0.2, -0.15) is 0 Å². The highest BCUT2D eigenvalue weighted by Crippen LogP contribution is 2.26. The van der Waals surface area contributed by atoms with Crippen LogP contribution in [0.15, 0.2) is 36.5 Å². The van der Waals surface area contributed by atoms with Crippen molar-refractivity contribution in [3.05, 3.63) is 47.9 Å². The van der Waals surface area contributed by atoms with Gasteiger partial charge in [0.1, 0.15) is 0 Å². The Morgan fingerprint density at radius 2 is 1.94 bits per heavy atom. The van der Waals surface area contributed by atoms with Crippen LogP contribution < -0.4 is 14.4 Å². The summed E-state index contributed by atoms with van der Waals surface area (Å²) in [5.41, 5.74) is 0.848. The van der Waals surface area contributed by atoms with Crippen LogP contribution in [-0.4, -0.2) is 67.3 Å². The number of ether oxygens (including phenoxy) is 2. The molecule has 1 aromatic carbocycles. The van der Waals surface area contributed by atoms with E-state index in [9.17, 15) is 19.1 Å². The molecule has 0 aliphatic carbocycles. The highest BCUT2D eigenvalue weighted by molar-refractivity contribution is 5.98. The van der Waals surface area contributed by atoms with Gasteiger partial charge in [-0.25, -0.2) is 14.2 Å². The maximum absolute atomic E-state index is 13.9. The molecule has 2 amide bonds. The lowest BCUT2D eigenvalue weighted by atomic mass is 9.89. The molecule has 0 unspecified atom stereocenters. The molecule has 0 atom stereocenters. The number of urea groups is 1. The minimum Gasteiger partial charge on any atom is -0.494 e. The average Bonchev–Trinajstić information content (AvgIpc) is 2.82. The summed E-state index contributed by atoms with van der Waals surface area (Å²) in [4.78, 5) is 33.0. The number of hydrogen-bond acceptors (Lipinski definition) is 6. The quantitative estimate of drug-likeness (QED) is 0.678. The van der Waals surface area contributed by atoms with Gasteiger partial charge in [-0.1, -0.05) is 0 Å². The van der Waals surface area contributed by atoms with Gasteiger partial charge in [0, 0.05) is 30.6 Å². The molecule has 0 bridgehead atoms. The van der Waals surface area contributed by atoms with E-state index < -0.39 is 5.82 Å². The number of ketones is 1. The monoisotopic (exact) mass is 431 g/mol. The van der Waals surface area contributed by atoms with Crippen molar-refractivity contribution >= 4 is 17.5 Å². The number of carbonyl (C=O) groups is 2. The van der Waals surface area contributed by atoms with Gasteiger partial charge in [-0.05, 0) is 37.1 Å². The van der Waals surface area contributed by atoms with Crippen LogP contribution >= 0.6 is 0 Å². The van der Waals surface area contributed by atoms with Crippen molar-refractivity contribution in [2.75, 3.05) is 45.4 Å². The molecule has 1 saturated heterocycles. The molecule has 1 N–H and O–H groups in total. The Labute approximate surface area is 180 Å². The zero-order valence-electron chi connectivity index (χ0n) is 17.6. The van der Waals surface area contributed by atoms with Crippen molar-refractivity contribution in [2.45, 2.75) is 12.8 Å². The van der Waals surface area contributed by atoms with Crippen molar-refractivity contribution in [3.63, 3.8) is 0 Å². The fraction of sp³-hybridized carbons (Fsp3) is 0.409. The Balaban J connectivity index is 1.64. The average molecular weight is 431 g/mol. The van der Waals surface area contributed by atoms with Crippen LogP contribution in [0.1, 0.15) is 23.2 Å². The highest BCUT2D eigenvalue weighted by Gasteiger charge is 2.31. The molecular weight excluding hydrogens is 405 g/mol. The number of pyridine rings is 1. The van der Waals surface area contributed by atoms with Gasteiger partial charge in [0.15, 0.2) is 17.3 Å². The number of hydrogen-bond donors (Lipinski definition) is 1. The van der Waals surface area contributed by atoms with Gasteiger partial charge in [-0.15, -0.1) is 0 Å². The van der Waals surface area contributed by atoms with Crippen LogP contribution in [0.2, 0.25) is 0 Å². The van der Waals surface area contributed by atoms with Crippen molar-refractivity contribution in [1.82, 2.24) is 9.88 Å². The number of Topliss-reactive ketones (excluding diaryl/α,β-unsaturated/α-hetero) is 1. The summed E-state index contributed by atoms with van der Waals surface area (Å²) in [6.45, 7) is 0.700. The number of aliphatic hydroxyl groups is 1. The van der Waals surface area contributed by atoms with Crippen LogP contribution in [0.25, 0.3) is 0 Å². The molecule has 1 aliphatic rings. The summed E-state index contributed by atoms with van der Waals surface area (Å²) in [6.07, 6.45) is 2.47. The van der Waals surface area contributed by atoms with Crippen molar-refractivity contribution in [2.24, 2.45) is 5.92 Å². The van der Waals surface area contributed by atoms with E-state index in [1.54, 1.807) is 23.1 Å². The Hall–Kier alpha value is -3.20. The zero-order chi connectivity index (χ0) is 22.4. The zero-order valence-corrected chi connectivity index (χ0v) is 17.6. The SMILES string of the molecule is COc1ccc(N(CCO)C(=O)N2CCC(C(=O)c3ccc(OC)c(F)c3)CC2)cn1. The van der Waals surface area contributed by atoms with Gasteiger partial charge in [-0.3, -0.25) is 9.69 Å². The van der Waals surface area contributed by atoms with E-state index in [-0.39, 0.29) is 36.6 Å². The molecule has 3 rings (SSSR count). The maximum Gasteiger partial charge on any atom is 0.324 e. The van der Waals surface area contributed by atoms with Crippen LogP contribution in [0.3, 0.4) is 0 Å². The summed E-state index contributed by atoms with van der Waals surface area (Å²) in [6, 6.07) is 7.28. The fourth-order valence-electron chi connectivity index (χ4n) is 3.65. The van der Waals surface area contributed by atoms with Gasteiger partial charge < -0.3 is 19.5 Å². The third kappa shape index (κ3) is 5.11. The number of aliphatic hydroxyl groups excluding tert-OH is 1. The molecule has 1 aromatic heterocycles. The molecule has 166 valence electrons. The summed E-state index contributed by atoms with van der Waals surface area (Å²) < 4.78 is 23.9. The number of piperidine rings is 1. The van der Waals surface area contributed by atoms with Crippen molar-refractivity contribution < 1.29 is 28.6 Å². The Morgan fingerprint density at radius 3 is 2.48 bits per heavy atom. The minimum atomic E-state index is -0.575. The molecular formula is C22H26FN3O5. The molecule has 1 fully saturated rings. The standard InChI is InChI=1S/C22H26FN3O5/c1-30-19-5-3-16(13-18(19)23)21(28)15-7-9-25(10-8-15)22(29)26(11-12-27)17-4-6-20(31-2)24-14-17/h3-6,13-15,27H,7-12H2,1-2H3. The molecule has 0 spiro atoms. The predicted octanol–water partition coefficient (Wildman–Crippen LogP) is 2.75. The van der Waals surface area contributed by atoms with Crippen LogP contribution in [0, 0.1) is 11.7 Å². The van der Waals surface area contributed by atoms with Gasteiger partial charge in [0.2, 0.25) is 5.88 Å². The number of aromatic nitrogens is 1. The van der Waals surface area contributed by atoms with Gasteiger partial charge in [0.25, 0.3) is 0 Å². The second-order valence-corrected chi connectivity index (χ2v) is 7.19. The number of anilines is 1. The summed E-state index contributed by atoms with van der Waals surface area (Å²) >= 11 is 0. The van der Waals surface area contributed by atoms with E-state index in [0.29, 0.717) is 43.1 Å². The lowest BCUT2D eigenvalue weighted by Gasteiger charge is -2.35. The normalized spacial score (nSPS) is 14.3. The second kappa shape index (κ2) is 10.2. The summed E-state index contributed by atoms with van der Waals surface area (Å²) in [5.74, 6) is -0.483. The van der Waals surface area contributed by atoms with Gasteiger partial charge in [0.05, 0.1) is 39.3 Å². The molecule has 0 radical (unpaired) electrons. The number of rotatable bonds is 7. The van der Waals surface area contributed by atoms with Gasteiger partial charge >= 0.3 is 6.03 Å². The summed E-state index contributed by atoms with van der Waals surface area (Å²) in [5, 5.41) is 9.40. The van der Waals surface area contributed by atoms with E-state index >= 15 is 0 Å². The fourth-order valence-corrected chi connectivity index (χ4v) is 3.65. The first-order chi connectivity index (χ1) is 15.0. The van der Waals surface area contributed by atoms with E-state index in [2.05, 4.69) is 4.98 Å². The first-order valence-electron chi connectivity index (χ1n) is 10.0. The molecule has 31 heavy (non-hydrogen) atoms. The van der Waals surface area contributed by atoms with Crippen molar-refractivity contribution in [1.29, 1.82) is 0 Å². The molecule has 0 saturated carbocycles. The second-order valence-electron chi connectivity index (χ2n) is 7.19. The smallest absolute Gasteiger partial charge is 0.324 e. The number of nitrogens with zero attached hydrogens (tertiary/aromatic N) is 3. The largest absolute Gasteiger partial charge is 0.494 e. The first kappa shape index (κ1) is 22.5. The predicted molar refractivity (Wildman–Crippen MR) is 112 cm³/mol. The number of methoxy groups -OCH3 is 2. The molecule has 8 nitrogen and oxygen atoms in total. The number of amides is 2. The molecule has 9 heteroatoms. The topological polar surface area (TPSA) is 92.2 Å². The maximum atomic E-state index is 13.9. The Morgan fingerprint density at radius 1 is 1.19 bits per heavy atom. The molecule has 1 aliphatic heterocycles. The van der Waals surface area contributed by atoms with Crippen LogP contribution in [0.5, 0.6) is 11.6 Å². The number of halogens is 1. The molecule has 2 aromatic rings. The van der Waals surface area contributed by atoms with E-state index in [4.69, 9.17) is 9.47 Å². The molecule has 2 heterocycles. The third-order valence-electron chi connectivity index (χ3n) is 5.37. The summed E-state index contributed by atoms with van der Waals surface area (Å²) in [7, 11) is 2.87. The lowest BCUT2D eigenvalue weighted by molar-refractivity contribution is 0.0856. The Bertz CT molecular complexity index is 914. The van der Waals surface area contributed by atoms with E-state index in [0.717, 1.165) is 0 Å². The number of benzene rings is 1.